The Morgan fingerprint density at radius 1 is 1.33 bits per heavy atom. The summed E-state index contributed by atoms with van der Waals surface area (Å²) >= 11 is 0. The Morgan fingerprint density at radius 3 is 2.62 bits per heavy atom. The number of rotatable bonds is 3. The van der Waals surface area contributed by atoms with Crippen LogP contribution in [0, 0.1) is 12.8 Å². The Kier molecular flexibility index (Phi) is 4.83. The number of hydrogen-bond donors (Lipinski definition) is 2. The van der Waals surface area contributed by atoms with Gasteiger partial charge in [-0.3, -0.25) is 0 Å². The lowest BCUT2D eigenvalue weighted by Crippen LogP contribution is -2.53. The van der Waals surface area contributed by atoms with E-state index in [1.54, 1.807) is 0 Å². The van der Waals surface area contributed by atoms with E-state index in [9.17, 15) is 14.7 Å². The molecule has 2 amide bonds. The molecule has 1 heterocycles. The number of carboxylic acids is 1. The highest BCUT2D eigenvalue weighted by Crippen LogP contribution is 2.22. The van der Waals surface area contributed by atoms with Gasteiger partial charge in [-0.05, 0) is 31.2 Å². The number of carbonyl (C=O) groups is 2. The van der Waals surface area contributed by atoms with Crippen LogP contribution in [0.2, 0.25) is 0 Å². The van der Waals surface area contributed by atoms with Crippen LogP contribution in [-0.2, 0) is 11.3 Å². The first-order chi connectivity index (χ1) is 9.97. The Hall–Kier alpha value is -2.04. The fraction of sp³-hybridized carbons (Fsp3) is 0.500. The van der Waals surface area contributed by atoms with Gasteiger partial charge >= 0.3 is 12.0 Å². The number of aryl methyl sites for hydroxylation is 1. The highest BCUT2D eigenvalue weighted by atomic mass is 16.4. The smallest absolute Gasteiger partial charge is 0.326 e. The van der Waals surface area contributed by atoms with Crippen LogP contribution >= 0.6 is 0 Å². The van der Waals surface area contributed by atoms with Gasteiger partial charge in [0, 0.05) is 13.1 Å². The van der Waals surface area contributed by atoms with E-state index >= 15 is 0 Å². The Balaban J connectivity index is 1.95. The maximum absolute atomic E-state index is 12.2. The van der Waals surface area contributed by atoms with Crippen molar-refractivity contribution in [1.82, 2.24) is 10.2 Å². The zero-order valence-electron chi connectivity index (χ0n) is 12.5. The summed E-state index contributed by atoms with van der Waals surface area (Å²) in [5.41, 5.74) is 2.17. The molecule has 0 aromatic heterocycles. The second kappa shape index (κ2) is 6.61. The molecule has 1 fully saturated rings. The molecule has 2 N–H and O–H groups in total. The molecule has 1 aliphatic heterocycles. The van der Waals surface area contributed by atoms with Gasteiger partial charge < -0.3 is 15.3 Å². The average molecular weight is 290 g/mol. The Bertz CT molecular complexity index is 513. The molecule has 1 saturated heterocycles. The zero-order chi connectivity index (χ0) is 15.4. The van der Waals surface area contributed by atoms with Gasteiger partial charge in [-0.1, -0.05) is 36.8 Å². The molecule has 0 aliphatic carbocycles. The van der Waals surface area contributed by atoms with Crippen molar-refractivity contribution in [1.29, 1.82) is 0 Å². The van der Waals surface area contributed by atoms with Crippen molar-refractivity contribution in [2.75, 3.05) is 6.54 Å². The van der Waals surface area contributed by atoms with Crippen molar-refractivity contribution >= 4 is 12.0 Å². The first-order valence-electron chi connectivity index (χ1n) is 7.30. The lowest BCUT2D eigenvalue weighted by atomic mass is 9.93. The number of benzene rings is 1. The summed E-state index contributed by atoms with van der Waals surface area (Å²) in [5, 5.41) is 12.1. The van der Waals surface area contributed by atoms with Crippen molar-refractivity contribution in [3.8, 4) is 0 Å². The van der Waals surface area contributed by atoms with Gasteiger partial charge in [0.15, 0.2) is 0 Å². The van der Waals surface area contributed by atoms with Crippen LogP contribution in [0.4, 0.5) is 4.79 Å². The highest BCUT2D eigenvalue weighted by molar-refractivity contribution is 5.82. The quantitative estimate of drug-likeness (QED) is 0.898. The first kappa shape index (κ1) is 15.4. The Labute approximate surface area is 125 Å². The number of hydrogen-bond acceptors (Lipinski definition) is 2. The topological polar surface area (TPSA) is 69.6 Å². The van der Waals surface area contributed by atoms with Gasteiger partial charge in [0.1, 0.15) is 6.04 Å². The number of aliphatic carboxylic acids is 1. The third-order valence-corrected chi connectivity index (χ3v) is 3.97. The van der Waals surface area contributed by atoms with E-state index in [4.69, 9.17) is 0 Å². The van der Waals surface area contributed by atoms with Gasteiger partial charge in [0.25, 0.3) is 0 Å². The van der Waals surface area contributed by atoms with Crippen LogP contribution in [0.1, 0.15) is 30.9 Å². The molecule has 0 saturated carbocycles. The molecule has 114 valence electrons. The van der Waals surface area contributed by atoms with E-state index in [1.165, 1.54) is 10.5 Å². The molecule has 0 bridgehead atoms. The molecule has 1 aromatic rings. The van der Waals surface area contributed by atoms with Crippen LogP contribution in [-0.4, -0.2) is 34.6 Å². The van der Waals surface area contributed by atoms with E-state index in [1.807, 2.05) is 38.1 Å². The maximum Gasteiger partial charge on any atom is 0.326 e. The molecular formula is C16H22N2O3. The molecule has 2 unspecified atom stereocenters. The van der Waals surface area contributed by atoms with Gasteiger partial charge in [-0.25, -0.2) is 9.59 Å². The summed E-state index contributed by atoms with van der Waals surface area (Å²) in [5.74, 6) is -0.584. The molecule has 1 aromatic carbocycles. The number of nitrogens with zero attached hydrogens (tertiary/aromatic N) is 1. The third kappa shape index (κ3) is 3.97. The van der Waals surface area contributed by atoms with Gasteiger partial charge in [-0.15, -0.1) is 0 Å². The van der Waals surface area contributed by atoms with E-state index in [0.717, 1.165) is 12.0 Å². The van der Waals surface area contributed by atoms with Crippen LogP contribution in [0.5, 0.6) is 0 Å². The van der Waals surface area contributed by atoms with E-state index in [0.29, 0.717) is 25.4 Å². The lowest BCUT2D eigenvalue weighted by Gasteiger charge is -2.35. The second-order valence-corrected chi connectivity index (χ2v) is 5.82. The number of piperidine rings is 1. The summed E-state index contributed by atoms with van der Waals surface area (Å²) in [4.78, 5) is 25.0. The monoisotopic (exact) mass is 290 g/mol. The highest BCUT2D eigenvalue weighted by Gasteiger charge is 2.34. The molecule has 0 radical (unpaired) electrons. The number of carboxylic acid groups (broad SMARTS) is 1. The molecule has 2 rings (SSSR count). The minimum atomic E-state index is -0.924. The number of nitrogens with one attached hydrogen (secondary N) is 1. The molecule has 21 heavy (non-hydrogen) atoms. The number of amides is 2. The first-order valence-corrected chi connectivity index (χ1v) is 7.30. The average Bonchev–Trinajstić information content (AvgIpc) is 2.46. The van der Waals surface area contributed by atoms with E-state index in [-0.39, 0.29) is 6.03 Å². The van der Waals surface area contributed by atoms with Gasteiger partial charge in [0.2, 0.25) is 0 Å². The number of urea groups is 1. The standard InChI is InChI=1S/C16H22N2O3/c1-11-3-5-13(6-4-11)10-17-16(21)18-8-7-12(2)9-14(18)15(19)20/h3-6,12,14H,7-10H2,1-2H3,(H,17,21)(H,19,20). The fourth-order valence-corrected chi connectivity index (χ4v) is 2.60. The predicted molar refractivity (Wildman–Crippen MR) is 79.9 cm³/mol. The van der Waals surface area contributed by atoms with Crippen LogP contribution in [0.25, 0.3) is 0 Å². The fourth-order valence-electron chi connectivity index (χ4n) is 2.60. The zero-order valence-corrected chi connectivity index (χ0v) is 12.5. The van der Waals surface area contributed by atoms with Crippen molar-refractivity contribution < 1.29 is 14.7 Å². The van der Waals surface area contributed by atoms with E-state index in [2.05, 4.69) is 5.32 Å². The van der Waals surface area contributed by atoms with Crippen LogP contribution in [0.15, 0.2) is 24.3 Å². The van der Waals surface area contributed by atoms with Crippen LogP contribution in [0.3, 0.4) is 0 Å². The molecule has 0 spiro atoms. The minimum absolute atomic E-state index is 0.296. The summed E-state index contributed by atoms with van der Waals surface area (Å²) in [6.07, 6.45) is 1.37. The largest absolute Gasteiger partial charge is 0.480 e. The van der Waals surface area contributed by atoms with Crippen LogP contribution < -0.4 is 5.32 Å². The summed E-state index contributed by atoms with van der Waals surface area (Å²) in [6.45, 7) is 4.95. The molecule has 5 heteroatoms. The van der Waals surface area contributed by atoms with Gasteiger partial charge in [0.05, 0.1) is 0 Å². The van der Waals surface area contributed by atoms with E-state index < -0.39 is 12.0 Å². The van der Waals surface area contributed by atoms with Gasteiger partial charge in [-0.2, -0.15) is 0 Å². The molecular weight excluding hydrogens is 268 g/mol. The predicted octanol–water partition coefficient (Wildman–Crippen LogP) is 2.39. The van der Waals surface area contributed by atoms with Crippen molar-refractivity contribution in [3.05, 3.63) is 35.4 Å². The summed E-state index contributed by atoms with van der Waals surface area (Å²) in [6, 6.07) is 6.89. The SMILES string of the molecule is Cc1ccc(CNC(=O)N2CCC(C)CC2C(=O)O)cc1. The summed E-state index contributed by atoms with van der Waals surface area (Å²) in [7, 11) is 0. The Morgan fingerprint density at radius 2 is 2.00 bits per heavy atom. The molecule has 5 nitrogen and oxygen atoms in total. The maximum atomic E-state index is 12.2. The molecule has 1 aliphatic rings. The molecule has 2 atom stereocenters. The normalized spacial score (nSPS) is 21.9. The second-order valence-electron chi connectivity index (χ2n) is 5.82. The minimum Gasteiger partial charge on any atom is -0.480 e. The summed E-state index contributed by atoms with van der Waals surface area (Å²) < 4.78 is 0. The van der Waals surface area contributed by atoms with Crippen molar-refractivity contribution in [3.63, 3.8) is 0 Å². The van der Waals surface area contributed by atoms with Crippen molar-refractivity contribution in [2.24, 2.45) is 5.92 Å². The number of likely N-dealkylation sites (tertiary alicyclic amines) is 1. The lowest BCUT2D eigenvalue weighted by molar-refractivity contribution is -0.143. The number of carbonyl (C=O) groups excluding carboxylic acids is 1. The third-order valence-electron chi connectivity index (χ3n) is 3.97. The van der Waals surface area contributed by atoms with Crippen molar-refractivity contribution in [2.45, 2.75) is 39.3 Å².